The number of nitrogens with zero attached hydrogens (tertiary/aromatic N) is 1. The van der Waals surface area contributed by atoms with Gasteiger partial charge in [-0.2, -0.15) is 0 Å². The molecule has 0 radical (unpaired) electrons. The fourth-order valence-corrected chi connectivity index (χ4v) is 1.96. The lowest BCUT2D eigenvalue weighted by atomic mass is 9.85. The van der Waals surface area contributed by atoms with E-state index in [1.807, 2.05) is 0 Å². The summed E-state index contributed by atoms with van der Waals surface area (Å²) in [6, 6.07) is 8.48. The van der Waals surface area contributed by atoms with Crippen molar-refractivity contribution in [3.8, 4) is 0 Å². The van der Waals surface area contributed by atoms with E-state index in [9.17, 15) is 14.7 Å². The lowest BCUT2D eigenvalue weighted by Crippen LogP contribution is -2.28. The molecule has 1 aromatic heterocycles. The minimum atomic E-state index is -0.971. The normalized spacial score (nSPS) is 11.2. The Hall–Kier alpha value is -2.63. The maximum Gasteiger partial charge on any atom is 0.313 e. The third kappa shape index (κ3) is 3.52. The number of aliphatic carboxylic acids is 1. The lowest BCUT2D eigenvalue weighted by molar-refractivity contribution is -0.142. The zero-order chi connectivity index (χ0) is 16.3. The highest BCUT2D eigenvalue weighted by Crippen LogP contribution is 2.24. The second-order valence-electron chi connectivity index (χ2n) is 5.66. The van der Waals surface area contributed by atoms with Gasteiger partial charge in [-0.15, -0.1) is 0 Å². The molecule has 1 amide bonds. The van der Waals surface area contributed by atoms with Crippen molar-refractivity contribution < 1.29 is 19.2 Å². The van der Waals surface area contributed by atoms with E-state index in [2.05, 4.69) is 10.5 Å². The fourth-order valence-electron chi connectivity index (χ4n) is 1.96. The van der Waals surface area contributed by atoms with E-state index in [-0.39, 0.29) is 12.3 Å². The maximum absolute atomic E-state index is 11.9. The number of anilines is 1. The molecule has 6 heteroatoms. The Labute approximate surface area is 128 Å². The van der Waals surface area contributed by atoms with Crippen molar-refractivity contribution >= 4 is 17.6 Å². The molecule has 0 aliphatic carbocycles. The Morgan fingerprint density at radius 3 is 2.41 bits per heavy atom. The molecule has 1 aromatic carbocycles. The summed E-state index contributed by atoms with van der Waals surface area (Å²) in [5, 5.41) is 15.7. The Bertz CT molecular complexity index is 686. The van der Waals surface area contributed by atoms with Gasteiger partial charge in [0.2, 0.25) is 5.91 Å². The van der Waals surface area contributed by atoms with Crippen molar-refractivity contribution in [3.05, 3.63) is 47.3 Å². The molecule has 6 nitrogen and oxygen atoms in total. The number of carbonyl (C=O) groups excluding carboxylic acids is 1. The van der Waals surface area contributed by atoms with Gasteiger partial charge in [0, 0.05) is 11.8 Å². The smallest absolute Gasteiger partial charge is 0.313 e. The Morgan fingerprint density at radius 2 is 1.91 bits per heavy atom. The number of rotatable bonds is 5. The molecule has 0 fully saturated rings. The molecule has 0 saturated heterocycles. The number of carbonyl (C=O) groups is 2. The van der Waals surface area contributed by atoms with Gasteiger partial charge in [0.1, 0.15) is 5.76 Å². The maximum atomic E-state index is 11.9. The summed E-state index contributed by atoms with van der Waals surface area (Å²) in [6.07, 6.45) is 0.125. The second-order valence-corrected chi connectivity index (χ2v) is 5.66. The van der Waals surface area contributed by atoms with Crippen LogP contribution in [0.25, 0.3) is 0 Å². The van der Waals surface area contributed by atoms with Crippen molar-refractivity contribution in [1.82, 2.24) is 5.16 Å². The first-order valence-electron chi connectivity index (χ1n) is 6.85. The van der Waals surface area contributed by atoms with Crippen molar-refractivity contribution in [2.45, 2.75) is 32.6 Å². The molecule has 2 N–H and O–H groups in total. The third-order valence-electron chi connectivity index (χ3n) is 3.44. The van der Waals surface area contributed by atoms with Crippen LogP contribution in [0.1, 0.15) is 30.9 Å². The molecule has 0 aliphatic rings. The van der Waals surface area contributed by atoms with Gasteiger partial charge < -0.3 is 14.9 Å². The molecule has 0 unspecified atom stereocenters. The second kappa shape index (κ2) is 6.01. The fraction of sp³-hybridized carbons (Fsp3) is 0.312. The molecule has 0 aliphatic heterocycles. The number of nitrogens with one attached hydrogen (secondary N) is 1. The summed E-state index contributed by atoms with van der Waals surface area (Å²) < 4.78 is 4.91. The molecular formula is C16H18N2O4. The lowest BCUT2D eigenvalue weighted by Gasteiger charge is -2.19. The van der Waals surface area contributed by atoms with Crippen molar-refractivity contribution in [2.24, 2.45) is 0 Å². The molecule has 0 atom stereocenters. The number of carboxylic acid groups (broad SMARTS) is 1. The van der Waals surface area contributed by atoms with Crippen LogP contribution in [0.3, 0.4) is 0 Å². The number of hydrogen-bond acceptors (Lipinski definition) is 4. The number of aromatic nitrogens is 1. The molecule has 0 saturated carbocycles. The van der Waals surface area contributed by atoms with Crippen LogP contribution in [0.2, 0.25) is 0 Å². The number of carboxylic acids is 1. The minimum Gasteiger partial charge on any atom is -0.481 e. The van der Waals surface area contributed by atoms with Crippen LogP contribution in [0.5, 0.6) is 0 Å². The van der Waals surface area contributed by atoms with E-state index in [0.29, 0.717) is 22.7 Å². The van der Waals surface area contributed by atoms with Crippen molar-refractivity contribution in [3.63, 3.8) is 0 Å². The van der Waals surface area contributed by atoms with E-state index < -0.39 is 11.4 Å². The third-order valence-corrected chi connectivity index (χ3v) is 3.44. The van der Waals surface area contributed by atoms with Gasteiger partial charge in [-0.3, -0.25) is 9.59 Å². The highest BCUT2D eigenvalue weighted by atomic mass is 16.5. The van der Waals surface area contributed by atoms with E-state index >= 15 is 0 Å². The first-order valence-corrected chi connectivity index (χ1v) is 6.85. The quantitative estimate of drug-likeness (QED) is 0.885. The van der Waals surface area contributed by atoms with E-state index in [0.717, 1.165) is 0 Å². The van der Waals surface area contributed by atoms with Crippen LogP contribution >= 0.6 is 0 Å². The van der Waals surface area contributed by atoms with Crippen LogP contribution in [0.15, 0.2) is 34.9 Å². The monoisotopic (exact) mass is 302 g/mol. The van der Waals surface area contributed by atoms with Crippen LogP contribution in [-0.4, -0.2) is 22.1 Å². The SMILES string of the molecule is Cc1cc(CC(=O)Nc2ccc(C(C)(C)C(=O)O)cc2)no1. The number of hydrogen-bond donors (Lipinski definition) is 2. The molecule has 116 valence electrons. The molecule has 22 heavy (non-hydrogen) atoms. The van der Waals surface area contributed by atoms with Gasteiger partial charge in [0.15, 0.2) is 0 Å². The Balaban J connectivity index is 2.02. The van der Waals surface area contributed by atoms with Gasteiger partial charge in [-0.25, -0.2) is 0 Å². The van der Waals surface area contributed by atoms with E-state index in [4.69, 9.17) is 4.52 Å². The van der Waals surface area contributed by atoms with Crippen LogP contribution < -0.4 is 5.32 Å². The number of amides is 1. The molecule has 2 rings (SSSR count). The average Bonchev–Trinajstić information content (AvgIpc) is 2.84. The molecule has 0 spiro atoms. The summed E-state index contributed by atoms with van der Waals surface area (Å²) >= 11 is 0. The van der Waals surface area contributed by atoms with Gasteiger partial charge >= 0.3 is 5.97 Å². The van der Waals surface area contributed by atoms with Gasteiger partial charge in [0.25, 0.3) is 0 Å². The topological polar surface area (TPSA) is 92.4 Å². The Kier molecular flexibility index (Phi) is 4.30. The predicted molar refractivity (Wildman–Crippen MR) is 80.7 cm³/mol. The van der Waals surface area contributed by atoms with Gasteiger partial charge in [-0.05, 0) is 38.5 Å². The predicted octanol–water partition coefficient (Wildman–Crippen LogP) is 2.53. The van der Waals surface area contributed by atoms with Crippen molar-refractivity contribution in [1.29, 1.82) is 0 Å². The number of benzene rings is 1. The zero-order valence-electron chi connectivity index (χ0n) is 12.7. The first kappa shape index (κ1) is 15.8. The summed E-state index contributed by atoms with van der Waals surface area (Å²) in [6.45, 7) is 5.03. The summed E-state index contributed by atoms with van der Waals surface area (Å²) in [5.74, 6) is -0.452. The van der Waals surface area contributed by atoms with Crippen molar-refractivity contribution in [2.75, 3.05) is 5.32 Å². The molecule has 1 heterocycles. The molecular weight excluding hydrogens is 284 g/mol. The molecule has 2 aromatic rings. The molecule has 0 bridgehead atoms. The zero-order valence-corrected chi connectivity index (χ0v) is 12.7. The Morgan fingerprint density at radius 1 is 1.27 bits per heavy atom. The number of aryl methyl sites for hydroxylation is 1. The first-order chi connectivity index (χ1) is 10.3. The van der Waals surface area contributed by atoms with Crippen LogP contribution in [0, 0.1) is 6.92 Å². The van der Waals surface area contributed by atoms with Gasteiger partial charge in [0.05, 0.1) is 17.5 Å². The highest BCUT2D eigenvalue weighted by molar-refractivity contribution is 5.92. The average molecular weight is 302 g/mol. The summed E-state index contributed by atoms with van der Waals surface area (Å²) in [7, 11) is 0. The van der Waals surface area contributed by atoms with E-state index in [1.54, 1.807) is 51.1 Å². The van der Waals surface area contributed by atoms with Gasteiger partial charge in [-0.1, -0.05) is 17.3 Å². The van der Waals surface area contributed by atoms with Crippen LogP contribution in [-0.2, 0) is 21.4 Å². The highest BCUT2D eigenvalue weighted by Gasteiger charge is 2.29. The largest absolute Gasteiger partial charge is 0.481 e. The van der Waals surface area contributed by atoms with Crippen LogP contribution in [0.4, 0.5) is 5.69 Å². The summed E-state index contributed by atoms with van der Waals surface area (Å²) in [4.78, 5) is 23.1. The standard InChI is InChI=1S/C16H18N2O4/c1-10-8-13(18-22-10)9-14(19)17-12-6-4-11(5-7-12)16(2,3)15(20)21/h4-8H,9H2,1-3H3,(H,17,19)(H,20,21). The minimum absolute atomic E-state index is 0.125. The summed E-state index contributed by atoms with van der Waals surface area (Å²) in [5.41, 5.74) is 0.875. The van der Waals surface area contributed by atoms with E-state index in [1.165, 1.54) is 0 Å².